The van der Waals surface area contributed by atoms with Gasteiger partial charge in [0.05, 0.1) is 11.1 Å². The zero-order chi connectivity index (χ0) is 18.7. The fourth-order valence-electron chi connectivity index (χ4n) is 3.01. The summed E-state index contributed by atoms with van der Waals surface area (Å²) in [7, 11) is -3.68. The van der Waals surface area contributed by atoms with Gasteiger partial charge in [0.1, 0.15) is 4.90 Å². The third-order valence-electron chi connectivity index (χ3n) is 4.52. The molecule has 1 N–H and O–H groups in total. The van der Waals surface area contributed by atoms with E-state index in [1.165, 1.54) is 16.4 Å². The highest BCUT2D eigenvalue weighted by atomic mass is 35.5. The van der Waals surface area contributed by atoms with Crippen LogP contribution in [0.2, 0.25) is 5.02 Å². The molecule has 3 rings (SSSR count). The van der Waals surface area contributed by atoms with Crippen LogP contribution in [0.3, 0.4) is 0 Å². The Kier molecular flexibility index (Phi) is 5.65. The number of halogens is 1. The summed E-state index contributed by atoms with van der Waals surface area (Å²) in [5.74, 6) is -0.337. The quantitative estimate of drug-likeness (QED) is 0.845. The Hall–Kier alpha value is -1.89. The Labute approximate surface area is 159 Å². The molecule has 1 amide bonds. The number of sulfonamides is 1. The van der Waals surface area contributed by atoms with Gasteiger partial charge in [0.15, 0.2) is 0 Å². The van der Waals surface area contributed by atoms with Crippen molar-refractivity contribution in [1.82, 2.24) is 9.62 Å². The van der Waals surface area contributed by atoms with E-state index in [0.29, 0.717) is 13.1 Å². The maximum absolute atomic E-state index is 12.8. The van der Waals surface area contributed by atoms with Gasteiger partial charge < -0.3 is 5.32 Å². The molecule has 2 aromatic rings. The maximum Gasteiger partial charge on any atom is 0.251 e. The van der Waals surface area contributed by atoms with Gasteiger partial charge >= 0.3 is 0 Å². The van der Waals surface area contributed by atoms with E-state index >= 15 is 0 Å². The maximum atomic E-state index is 12.8. The fourth-order valence-corrected chi connectivity index (χ4v) is 5.03. The third-order valence-corrected chi connectivity index (χ3v) is 6.90. The number of carbonyl (C=O) groups is 1. The number of benzene rings is 2. The summed E-state index contributed by atoms with van der Waals surface area (Å²) in [6.07, 6.45) is 1.68. The van der Waals surface area contributed by atoms with Crippen LogP contribution >= 0.6 is 11.6 Å². The van der Waals surface area contributed by atoms with Gasteiger partial charge in [0, 0.05) is 18.7 Å². The monoisotopic (exact) mass is 392 g/mol. The van der Waals surface area contributed by atoms with E-state index in [1.807, 2.05) is 37.3 Å². The molecule has 1 atom stereocenters. The summed E-state index contributed by atoms with van der Waals surface area (Å²) in [6, 6.07) is 13.7. The molecule has 2 aromatic carbocycles. The van der Waals surface area contributed by atoms with Gasteiger partial charge in [0.2, 0.25) is 10.0 Å². The van der Waals surface area contributed by atoms with Gasteiger partial charge in [0.25, 0.3) is 5.91 Å². The van der Waals surface area contributed by atoms with Crippen LogP contribution in [0.15, 0.2) is 53.4 Å². The van der Waals surface area contributed by atoms with Crippen LogP contribution in [-0.4, -0.2) is 31.7 Å². The number of rotatable bonds is 5. The van der Waals surface area contributed by atoms with Gasteiger partial charge in [-0.25, -0.2) is 8.42 Å². The van der Waals surface area contributed by atoms with E-state index in [4.69, 9.17) is 11.6 Å². The molecule has 26 heavy (non-hydrogen) atoms. The van der Waals surface area contributed by atoms with Crippen molar-refractivity contribution in [3.63, 3.8) is 0 Å². The second kappa shape index (κ2) is 7.78. The molecule has 1 aliphatic heterocycles. The number of carbonyl (C=O) groups excluding carboxylic acids is 1. The first-order chi connectivity index (χ1) is 12.4. The van der Waals surface area contributed by atoms with Crippen LogP contribution in [0, 0.1) is 0 Å². The molecule has 0 aromatic heterocycles. The molecule has 0 unspecified atom stereocenters. The van der Waals surface area contributed by atoms with Crippen LogP contribution < -0.4 is 5.32 Å². The van der Waals surface area contributed by atoms with E-state index in [2.05, 4.69) is 5.32 Å². The van der Waals surface area contributed by atoms with Crippen molar-refractivity contribution in [2.45, 2.75) is 30.7 Å². The van der Waals surface area contributed by atoms with E-state index in [-0.39, 0.29) is 27.4 Å². The highest BCUT2D eigenvalue weighted by molar-refractivity contribution is 7.89. The summed E-state index contributed by atoms with van der Waals surface area (Å²) >= 11 is 6.13. The highest BCUT2D eigenvalue weighted by Crippen LogP contribution is 2.28. The lowest BCUT2D eigenvalue weighted by Gasteiger charge is -2.18. The Morgan fingerprint density at radius 2 is 1.77 bits per heavy atom. The van der Waals surface area contributed by atoms with Gasteiger partial charge in [-0.05, 0) is 43.5 Å². The topological polar surface area (TPSA) is 66.5 Å². The second-order valence-electron chi connectivity index (χ2n) is 6.36. The number of hydrogen-bond donors (Lipinski definition) is 1. The Balaban J connectivity index is 1.84. The lowest BCUT2D eigenvalue weighted by atomic mass is 10.1. The van der Waals surface area contributed by atoms with Crippen molar-refractivity contribution in [2.24, 2.45) is 0 Å². The van der Waals surface area contributed by atoms with Gasteiger partial charge in [-0.1, -0.05) is 41.9 Å². The predicted molar refractivity (Wildman–Crippen MR) is 102 cm³/mol. The minimum Gasteiger partial charge on any atom is -0.346 e. The summed E-state index contributed by atoms with van der Waals surface area (Å²) in [5, 5.41) is 3.02. The van der Waals surface area contributed by atoms with Crippen molar-refractivity contribution in [2.75, 3.05) is 13.1 Å². The Morgan fingerprint density at radius 3 is 2.42 bits per heavy atom. The van der Waals surface area contributed by atoms with Crippen molar-refractivity contribution >= 4 is 27.5 Å². The molecular weight excluding hydrogens is 372 g/mol. The van der Waals surface area contributed by atoms with Gasteiger partial charge in [-0.15, -0.1) is 0 Å². The summed E-state index contributed by atoms with van der Waals surface area (Å²) in [6.45, 7) is 2.85. The van der Waals surface area contributed by atoms with Crippen LogP contribution in [0.4, 0.5) is 0 Å². The summed E-state index contributed by atoms with van der Waals surface area (Å²) < 4.78 is 27.0. The Morgan fingerprint density at radius 1 is 1.12 bits per heavy atom. The van der Waals surface area contributed by atoms with Gasteiger partial charge in [-0.2, -0.15) is 4.31 Å². The summed E-state index contributed by atoms with van der Waals surface area (Å²) in [5.41, 5.74) is 1.25. The van der Waals surface area contributed by atoms with E-state index in [9.17, 15) is 13.2 Å². The Bertz CT molecular complexity index is 894. The molecule has 0 aliphatic carbocycles. The minimum absolute atomic E-state index is 0.0129. The molecule has 7 heteroatoms. The van der Waals surface area contributed by atoms with Crippen LogP contribution in [-0.2, 0) is 10.0 Å². The van der Waals surface area contributed by atoms with E-state index in [1.54, 1.807) is 6.07 Å². The molecule has 0 spiro atoms. The predicted octanol–water partition coefficient (Wildman–Crippen LogP) is 3.62. The molecule has 5 nitrogen and oxygen atoms in total. The zero-order valence-electron chi connectivity index (χ0n) is 14.5. The normalized spacial score (nSPS) is 16.4. The van der Waals surface area contributed by atoms with E-state index < -0.39 is 10.0 Å². The van der Waals surface area contributed by atoms with Crippen molar-refractivity contribution in [3.05, 3.63) is 64.7 Å². The van der Waals surface area contributed by atoms with Crippen LogP contribution in [0.1, 0.15) is 41.7 Å². The van der Waals surface area contributed by atoms with Crippen LogP contribution in [0.25, 0.3) is 0 Å². The smallest absolute Gasteiger partial charge is 0.251 e. The molecule has 1 fully saturated rings. The average molecular weight is 393 g/mol. The molecular formula is C19H21ClN2O3S. The summed E-state index contributed by atoms with van der Waals surface area (Å²) in [4.78, 5) is 12.6. The lowest BCUT2D eigenvalue weighted by molar-refractivity contribution is 0.0939. The third kappa shape index (κ3) is 3.92. The molecule has 138 valence electrons. The molecule has 0 bridgehead atoms. The standard InChI is InChI=1S/C19H21ClN2O3S/c1-14(15-7-3-2-4-8-15)21-19(23)16-9-10-17(20)18(13-16)26(24,25)22-11-5-6-12-22/h2-4,7-10,13-14H,5-6,11-12H2,1H3,(H,21,23)/t14-/m1/s1. The van der Waals surface area contributed by atoms with Crippen molar-refractivity contribution in [3.8, 4) is 0 Å². The molecule has 1 aliphatic rings. The molecule has 1 heterocycles. The van der Waals surface area contributed by atoms with Gasteiger partial charge in [-0.3, -0.25) is 4.79 Å². The number of amides is 1. The van der Waals surface area contributed by atoms with Crippen LogP contribution in [0.5, 0.6) is 0 Å². The molecule has 1 saturated heterocycles. The average Bonchev–Trinajstić information content (AvgIpc) is 3.18. The highest BCUT2D eigenvalue weighted by Gasteiger charge is 2.29. The lowest BCUT2D eigenvalue weighted by Crippen LogP contribution is -2.29. The second-order valence-corrected chi connectivity index (χ2v) is 8.68. The number of nitrogens with zero attached hydrogens (tertiary/aromatic N) is 1. The minimum atomic E-state index is -3.68. The fraction of sp³-hybridized carbons (Fsp3) is 0.316. The number of nitrogens with one attached hydrogen (secondary N) is 1. The zero-order valence-corrected chi connectivity index (χ0v) is 16.1. The first-order valence-corrected chi connectivity index (χ1v) is 10.4. The largest absolute Gasteiger partial charge is 0.346 e. The van der Waals surface area contributed by atoms with Crippen molar-refractivity contribution in [1.29, 1.82) is 0 Å². The van der Waals surface area contributed by atoms with Crippen molar-refractivity contribution < 1.29 is 13.2 Å². The number of hydrogen-bond acceptors (Lipinski definition) is 3. The van der Waals surface area contributed by atoms with E-state index in [0.717, 1.165) is 18.4 Å². The molecule has 0 radical (unpaired) electrons. The SMILES string of the molecule is C[C@@H](NC(=O)c1ccc(Cl)c(S(=O)(=O)N2CCCC2)c1)c1ccccc1. The molecule has 0 saturated carbocycles. The first kappa shape index (κ1) is 18.9. The first-order valence-electron chi connectivity index (χ1n) is 8.55.